The van der Waals surface area contributed by atoms with Crippen LogP contribution in [0.4, 0.5) is 4.39 Å². The van der Waals surface area contributed by atoms with Gasteiger partial charge in [0.05, 0.1) is 18.1 Å². The van der Waals surface area contributed by atoms with Gasteiger partial charge in [0.25, 0.3) is 0 Å². The number of aliphatic hydroxyl groups is 1. The monoisotopic (exact) mass is 284 g/mol. The van der Waals surface area contributed by atoms with Gasteiger partial charge in [-0.15, -0.1) is 0 Å². The molecule has 0 aromatic heterocycles. The third kappa shape index (κ3) is 2.15. The average molecular weight is 284 g/mol. The summed E-state index contributed by atoms with van der Waals surface area (Å²) in [5, 5.41) is 19.0. The zero-order valence-corrected chi connectivity index (χ0v) is 11.1. The highest BCUT2D eigenvalue weighted by atomic mass is 19.1. The molecule has 1 aromatic rings. The molecule has 1 aliphatic carbocycles. The lowest BCUT2D eigenvalue weighted by Gasteiger charge is -2.30. The van der Waals surface area contributed by atoms with E-state index in [1.54, 1.807) is 24.3 Å². The number of rotatable bonds is 1. The van der Waals surface area contributed by atoms with Gasteiger partial charge in [-0.1, -0.05) is 18.2 Å². The maximum Gasteiger partial charge on any atom is 0.205 e. The van der Waals surface area contributed by atoms with Gasteiger partial charge in [-0.05, 0) is 24.1 Å². The van der Waals surface area contributed by atoms with E-state index in [1.807, 2.05) is 6.07 Å². The number of hydrogen-bond acceptors (Lipinski definition) is 4. The molecular weight excluding hydrogens is 271 g/mol. The van der Waals surface area contributed by atoms with Crippen LogP contribution in [0, 0.1) is 17.1 Å². The largest absolute Gasteiger partial charge is 0.512 e. The maximum absolute atomic E-state index is 14.1. The van der Waals surface area contributed by atoms with Gasteiger partial charge in [-0.3, -0.25) is 0 Å². The summed E-state index contributed by atoms with van der Waals surface area (Å²) in [5.74, 6) is -0.298. The molecule has 1 heterocycles. The van der Waals surface area contributed by atoms with Gasteiger partial charge in [0.15, 0.2) is 0 Å². The Morgan fingerprint density at radius 1 is 1.38 bits per heavy atom. The van der Waals surface area contributed by atoms with Crippen LogP contribution < -0.4 is 5.73 Å². The molecule has 0 saturated carbocycles. The predicted molar refractivity (Wildman–Crippen MR) is 74.0 cm³/mol. The number of nitrogens with zero attached hydrogens (tertiary/aromatic N) is 1. The molecule has 1 aliphatic heterocycles. The Kier molecular flexibility index (Phi) is 3.15. The summed E-state index contributed by atoms with van der Waals surface area (Å²) in [6.07, 6.45) is 2.25. The lowest BCUT2D eigenvalue weighted by atomic mass is 9.79. The fraction of sp³-hybridized carbons (Fsp3) is 0.188. The van der Waals surface area contributed by atoms with E-state index in [-0.39, 0.29) is 23.6 Å². The summed E-state index contributed by atoms with van der Waals surface area (Å²) in [7, 11) is 0. The van der Waals surface area contributed by atoms with Crippen molar-refractivity contribution in [3.8, 4) is 6.07 Å². The lowest BCUT2D eigenvalue weighted by Crippen LogP contribution is -2.23. The second kappa shape index (κ2) is 4.98. The normalized spacial score (nSPS) is 21.3. The number of nitriles is 1. The van der Waals surface area contributed by atoms with Crippen molar-refractivity contribution in [2.24, 2.45) is 5.73 Å². The minimum Gasteiger partial charge on any atom is -0.512 e. The molecule has 0 saturated heterocycles. The summed E-state index contributed by atoms with van der Waals surface area (Å²) in [6, 6.07) is 8.32. The summed E-state index contributed by atoms with van der Waals surface area (Å²) in [5.41, 5.74) is 7.16. The number of hydrogen-bond donors (Lipinski definition) is 2. The van der Waals surface area contributed by atoms with Crippen LogP contribution in [0.5, 0.6) is 0 Å². The van der Waals surface area contributed by atoms with E-state index in [0.29, 0.717) is 17.7 Å². The highest BCUT2D eigenvalue weighted by Gasteiger charge is 2.35. The SMILES string of the molecule is N#CC1=C(N)OC2=C(CC=C(O)C2)[C@H]1c1ccccc1F. The van der Waals surface area contributed by atoms with Crippen molar-refractivity contribution in [2.45, 2.75) is 18.8 Å². The minimum atomic E-state index is -0.565. The van der Waals surface area contributed by atoms with Gasteiger partial charge in [0.1, 0.15) is 23.2 Å². The maximum atomic E-state index is 14.1. The number of nitrogens with two attached hydrogens (primary N) is 1. The molecule has 0 radical (unpaired) electrons. The summed E-state index contributed by atoms with van der Waals surface area (Å²) >= 11 is 0. The molecule has 0 bridgehead atoms. The number of aliphatic hydroxyl groups excluding tert-OH is 1. The Labute approximate surface area is 121 Å². The first-order valence-corrected chi connectivity index (χ1v) is 6.53. The van der Waals surface area contributed by atoms with E-state index in [0.717, 1.165) is 5.57 Å². The van der Waals surface area contributed by atoms with Crippen molar-refractivity contribution in [3.05, 3.63) is 70.3 Å². The number of allylic oxidation sites excluding steroid dienone is 3. The molecule has 2 aliphatic rings. The number of halogens is 1. The van der Waals surface area contributed by atoms with Crippen molar-refractivity contribution in [1.29, 1.82) is 5.26 Å². The second-order valence-corrected chi connectivity index (χ2v) is 4.97. The number of ether oxygens (including phenoxy) is 1. The third-order valence-corrected chi connectivity index (χ3v) is 3.73. The lowest BCUT2D eigenvalue weighted by molar-refractivity contribution is 0.248. The van der Waals surface area contributed by atoms with E-state index in [2.05, 4.69) is 0 Å². The van der Waals surface area contributed by atoms with E-state index >= 15 is 0 Å². The molecule has 3 N–H and O–H groups in total. The van der Waals surface area contributed by atoms with E-state index in [9.17, 15) is 14.8 Å². The fourth-order valence-electron chi connectivity index (χ4n) is 2.75. The molecule has 0 unspecified atom stereocenters. The van der Waals surface area contributed by atoms with Crippen molar-refractivity contribution in [1.82, 2.24) is 0 Å². The molecule has 106 valence electrons. The third-order valence-electron chi connectivity index (χ3n) is 3.73. The Hall–Kier alpha value is -2.74. The molecule has 3 rings (SSSR count). The van der Waals surface area contributed by atoms with Crippen LogP contribution in [0.25, 0.3) is 0 Å². The van der Waals surface area contributed by atoms with E-state index < -0.39 is 11.7 Å². The Balaban J connectivity index is 2.15. The molecule has 21 heavy (non-hydrogen) atoms. The molecule has 0 spiro atoms. The predicted octanol–water partition coefficient (Wildman–Crippen LogP) is 3.12. The molecular formula is C16H13FN2O2. The first-order chi connectivity index (χ1) is 10.1. The Morgan fingerprint density at radius 2 is 2.14 bits per heavy atom. The molecule has 1 atom stereocenters. The average Bonchev–Trinajstić information content (AvgIpc) is 2.46. The molecule has 5 heteroatoms. The van der Waals surface area contributed by atoms with E-state index in [4.69, 9.17) is 10.5 Å². The zero-order chi connectivity index (χ0) is 15.0. The van der Waals surface area contributed by atoms with E-state index in [1.165, 1.54) is 6.07 Å². The topological polar surface area (TPSA) is 79.3 Å². The molecule has 0 fully saturated rings. The van der Waals surface area contributed by atoms with Crippen LogP contribution >= 0.6 is 0 Å². The smallest absolute Gasteiger partial charge is 0.205 e. The molecule has 1 aromatic carbocycles. The van der Waals surface area contributed by atoms with Crippen molar-refractivity contribution >= 4 is 0 Å². The summed E-state index contributed by atoms with van der Waals surface area (Å²) in [4.78, 5) is 0. The first kappa shape index (κ1) is 13.3. The Bertz CT molecular complexity index is 741. The van der Waals surface area contributed by atoms with Crippen LogP contribution in [0.3, 0.4) is 0 Å². The second-order valence-electron chi connectivity index (χ2n) is 4.97. The van der Waals surface area contributed by atoms with Gasteiger partial charge >= 0.3 is 0 Å². The minimum absolute atomic E-state index is 0.0285. The van der Waals surface area contributed by atoms with Crippen LogP contribution in [-0.2, 0) is 4.74 Å². The van der Waals surface area contributed by atoms with Crippen LogP contribution in [0.15, 0.2) is 58.9 Å². The fourth-order valence-corrected chi connectivity index (χ4v) is 2.75. The first-order valence-electron chi connectivity index (χ1n) is 6.53. The van der Waals surface area contributed by atoms with Gasteiger partial charge in [0, 0.05) is 5.56 Å². The highest BCUT2D eigenvalue weighted by molar-refractivity contribution is 5.50. The summed E-state index contributed by atoms with van der Waals surface area (Å²) in [6.45, 7) is 0. The van der Waals surface area contributed by atoms with Gasteiger partial charge in [0.2, 0.25) is 5.88 Å². The number of benzene rings is 1. The van der Waals surface area contributed by atoms with Crippen molar-refractivity contribution < 1.29 is 14.2 Å². The molecule has 4 nitrogen and oxygen atoms in total. The van der Waals surface area contributed by atoms with Crippen LogP contribution in [-0.4, -0.2) is 5.11 Å². The Morgan fingerprint density at radius 3 is 2.86 bits per heavy atom. The van der Waals surface area contributed by atoms with Gasteiger partial charge < -0.3 is 15.6 Å². The van der Waals surface area contributed by atoms with Gasteiger partial charge in [-0.25, -0.2) is 4.39 Å². The standard InChI is InChI=1S/C16H13FN2O2/c17-13-4-2-1-3-10(13)15-11-6-5-9(20)7-14(11)21-16(19)12(15)8-18/h1-5,15,20H,6-7,19H2/t15-/m1/s1. The van der Waals surface area contributed by atoms with Crippen LogP contribution in [0.2, 0.25) is 0 Å². The van der Waals surface area contributed by atoms with Crippen LogP contribution in [0.1, 0.15) is 24.3 Å². The quantitative estimate of drug-likeness (QED) is 0.830. The summed E-state index contributed by atoms with van der Waals surface area (Å²) < 4.78 is 19.6. The van der Waals surface area contributed by atoms with Gasteiger partial charge in [-0.2, -0.15) is 5.26 Å². The molecule has 0 amide bonds. The van der Waals surface area contributed by atoms with Crippen molar-refractivity contribution in [2.75, 3.05) is 0 Å². The highest BCUT2D eigenvalue weighted by Crippen LogP contribution is 2.44. The zero-order valence-electron chi connectivity index (χ0n) is 11.1. The van der Waals surface area contributed by atoms with Crippen molar-refractivity contribution in [3.63, 3.8) is 0 Å².